The van der Waals surface area contributed by atoms with E-state index in [0.29, 0.717) is 6.54 Å². The second-order valence-corrected chi connectivity index (χ2v) is 8.20. The maximum atomic E-state index is 9.62. The Balaban J connectivity index is 1.48. The van der Waals surface area contributed by atoms with Gasteiger partial charge in [0.05, 0.1) is 25.0 Å². The third kappa shape index (κ3) is 7.32. The molecule has 2 saturated heterocycles. The van der Waals surface area contributed by atoms with Gasteiger partial charge in [-0.25, -0.2) is 0 Å². The van der Waals surface area contributed by atoms with Gasteiger partial charge in [-0.15, -0.1) is 0 Å². The Morgan fingerprint density at radius 1 is 1.21 bits per heavy atom. The van der Waals surface area contributed by atoms with Gasteiger partial charge in [-0.1, -0.05) is 6.42 Å². The van der Waals surface area contributed by atoms with Crippen molar-refractivity contribution in [2.24, 2.45) is 4.99 Å². The van der Waals surface area contributed by atoms with Gasteiger partial charge in [-0.05, 0) is 70.8 Å². The number of nitrogens with zero attached hydrogens (tertiary/aromatic N) is 3. The molecule has 0 saturated carbocycles. The van der Waals surface area contributed by atoms with Gasteiger partial charge in [0.1, 0.15) is 5.76 Å². The Kier molecular flexibility index (Phi) is 9.31. The van der Waals surface area contributed by atoms with Crippen molar-refractivity contribution in [3.8, 4) is 0 Å². The lowest BCUT2D eigenvalue weighted by atomic mass is 10.1. The monoisotopic (exact) mass is 405 g/mol. The van der Waals surface area contributed by atoms with Crippen LogP contribution < -0.4 is 10.6 Å². The molecule has 1 unspecified atom stereocenters. The number of aliphatic hydroxyl groups is 1. The number of guanidine groups is 1. The predicted molar refractivity (Wildman–Crippen MR) is 117 cm³/mol. The fourth-order valence-corrected chi connectivity index (χ4v) is 4.27. The first-order chi connectivity index (χ1) is 14.3. The van der Waals surface area contributed by atoms with E-state index in [1.54, 1.807) is 6.26 Å². The Hall–Kier alpha value is -1.57. The summed E-state index contributed by atoms with van der Waals surface area (Å²) >= 11 is 0. The molecule has 0 aliphatic carbocycles. The summed E-state index contributed by atoms with van der Waals surface area (Å²) in [5.74, 6) is 1.90. The third-order valence-corrected chi connectivity index (χ3v) is 5.97. The van der Waals surface area contributed by atoms with Crippen LogP contribution in [0.2, 0.25) is 0 Å². The van der Waals surface area contributed by atoms with Crippen molar-refractivity contribution in [1.29, 1.82) is 0 Å². The Bertz CT molecular complexity index is 578. The summed E-state index contributed by atoms with van der Waals surface area (Å²) in [6.45, 7) is 9.89. The highest BCUT2D eigenvalue weighted by atomic mass is 16.3. The van der Waals surface area contributed by atoms with Crippen LogP contribution in [0.5, 0.6) is 0 Å². The highest BCUT2D eigenvalue weighted by molar-refractivity contribution is 5.79. The molecule has 7 nitrogen and oxygen atoms in total. The molecule has 1 aromatic rings. The van der Waals surface area contributed by atoms with Crippen molar-refractivity contribution in [2.45, 2.75) is 57.6 Å². The molecule has 0 spiro atoms. The fourth-order valence-electron chi connectivity index (χ4n) is 4.27. The molecule has 0 radical (unpaired) electrons. The number of hydrogen-bond acceptors (Lipinski definition) is 5. The summed E-state index contributed by atoms with van der Waals surface area (Å²) in [6.07, 6.45) is 8.39. The minimum absolute atomic E-state index is 0.0983. The smallest absolute Gasteiger partial charge is 0.191 e. The Morgan fingerprint density at radius 2 is 2.00 bits per heavy atom. The molecule has 0 bridgehead atoms. The van der Waals surface area contributed by atoms with Crippen LogP contribution in [0, 0.1) is 0 Å². The van der Waals surface area contributed by atoms with E-state index in [0.717, 1.165) is 76.8 Å². The zero-order chi connectivity index (χ0) is 20.3. The summed E-state index contributed by atoms with van der Waals surface area (Å²) in [7, 11) is 0. The fraction of sp³-hybridized carbons (Fsp3) is 0.773. The van der Waals surface area contributed by atoms with Crippen molar-refractivity contribution >= 4 is 5.96 Å². The highest BCUT2D eigenvalue weighted by Crippen LogP contribution is 2.25. The van der Waals surface area contributed by atoms with Crippen LogP contribution >= 0.6 is 0 Å². The average Bonchev–Trinajstić information content (AvgIpc) is 3.28. The number of aliphatic hydroxyl groups excluding tert-OH is 1. The number of nitrogens with one attached hydrogen (secondary N) is 2. The molecule has 2 aliphatic heterocycles. The van der Waals surface area contributed by atoms with E-state index in [1.165, 1.54) is 19.3 Å². The number of hydrogen-bond donors (Lipinski definition) is 3. The molecule has 0 amide bonds. The molecule has 29 heavy (non-hydrogen) atoms. The van der Waals surface area contributed by atoms with Crippen molar-refractivity contribution < 1.29 is 9.52 Å². The molecule has 2 fully saturated rings. The minimum atomic E-state index is -0.0983. The molecule has 7 heteroatoms. The lowest BCUT2D eigenvalue weighted by Gasteiger charge is -2.32. The van der Waals surface area contributed by atoms with Gasteiger partial charge in [0.2, 0.25) is 0 Å². The number of furan rings is 1. The van der Waals surface area contributed by atoms with Crippen LogP contribution in [0.3, 0.4) is 0 Å². The van der Waals surface area contributed by atoms with E-state index in [9.17, 15) is 5.11 Å². The van der Waals surface area contributed by atoms with Crippen LogP contribution in [-0.4, -0.2) is 79.3 Å². The second kappa shape index (κ2) is 12.2. The molecular formula is C22H39N5O2. The second-order valence-electron chi connectivity index (χ2n) is 8.20. The zero-order valence-corrected chi connectivity index (χ0v) is 18.0. The largest absolute Gasteiger partial charge is 0.468 e. The van der Waals surface area contributed by atoms with Gasteiger partial charge >= 0.3 is 0 Å². The van der Waals surface area contributed by atoms with Gasteiger partial charge in [0.15, 0.2) is 5.96 Å². The van der Waals surface area contributed by atoms with E-state index in [2.05, 4.69) is 33.4 Å². The first-order valence-electron chi connectivity index (χ1n) is 11.5. The Morgan fingerprint density at radius 3 is 2.69 bits per heavy atom. The van der Waals surface area contributed by atoms with Gasteiger partial charge in [-0.3, -0.25) is 9.89 Å². The molecule has 1 aromatic heterocycles. The van der Waals surface area contributed by atoms with E-state index in [-0.39, 0.29) is 12.1 Å². The minimum Gasteiger partial charge on any atom is -0.468 e. The van der Waals surface area contributed by atoms with Crippen LogP contribution in [0.4, 0.5) is 0 Å². The van der Waals surface area contributed by atoms with E-state index in [1.807, 2.05) is 6.07 Å². The summed E-state index contributed by atoms with van der Waals surface area (Å²) in [4.78, 5) is 9.85. The number of rotatable bonds is 9. The third-order valence-electron chi connectivity index (χ3n) is 5.97. The average molecular weight is 406 g/mol. The quantitative estimate of drug-likeness (QED) is 0.332. The van der Waals surface area contributed by atoms with Gasteiger partial charge < -0.3 is 25.1 Å². The molecule has 1 atom stereocenters. The Labute approximate surface area is 175 Å². The maximum Gasteiger partial charge on any atom is 0.191 e. The lowest BCUT2D eigenvalue weighted by molar-refractivity contribution is 0.0823. The molecule has 0 aromatic carbocycles. The summed E-state index contributed by atoms with van der Waals surface area (Å²) in [5, 5.41) is 16.5. The van der Waals surface area contributed by atoms with Crippen LogP contribution in [0.1, 0.15) is 57.3 Å². The molecule has 2 aliphatic rings. The van der Waals surface area contributed by atoms with Crippen LogP contribution in [-0.2, 0) is 0 Å². The topological polar surface area (TPSA) is 76.3 Å². The first kappa shape index (κ1) is 22.1. The van der Waals surface area contributed by atoms with Gasteiger partial charge in [0, 0.05) is 26.2 Å². The van der Waals surface area contributed by atoms with Gasteiger partial charge in [0.25, 0.3) is 0 Å². The number of piperidine rings is 2. The molecule has 164 valence electrons. The summed E-state index contributed by atoms with van der Waals surface area (Å²) in [6, 6.07) is 4.25. The number of aliphatic imine (C=N–C) groups is 1. The van der Waals surface area contributed by atoms with Crippen molar-refractivity contribution in [1.82, 2.24) is 20.4 Å². The van der Waals surface area contributed by atoms with E-state index >= 15 is 0 Å². The lowest BCUT2D eigenvalue weighted by Crippen LogP contribution is -2.41. The van der Waals surface area contributed by atoms with E-state index in [4.69, 9.17) is 9.41 Å². The van der Waals surface area contributed by atoms with Crippen molar-refractivity contribution in [2.75, 3.05) is 52.4 Å². The normalized spacial score (nSPS) is 21.2. The molecule has 3 rings (SSSR count). The SMILES string of the molecule is CCNC(=NCC(c1ccco1)N1CCCCC1)NCCCN1CCC(O)CC1. The van der Waals surface area contributed by atoms with E-state index < -0.39 is 0 Å². The maximum absolute atomic E-state index is 9.62. The highest BCUT2D eigenvalue weighted by Gasteiger charge is 2.24. The molecule has 3 heterocycles. The predicted octanol–water partition coefficient (Wildman–Crippen LogP) is 2.21. The van der Waals surface area contributed by atoms with Gasteiger partial charge in [-0.2, -0.15) is 0 Å². The van der Waals surface area contributed by atoms with Crippen molar-refractivity contribution in [3.05, 3.63) is 24.2 Å². The standard InChI is InChI=1S/C22H39N5O2/c1-2-23-22(24-11-7-12-26-15-9-19(28)10-16-26)25-18-20(21-8-6-17-29-21)27-13-4-3-5-14-27/h6,8,17,19-20,28H,2-5,7,9-16,18H2,1H3,(H2,23,24,25). The van der Waals surface area contributed by atoms with Crippen LogP contribution in [0.25, 0.3) is 0 Å². The zero-order valence-electron chi connectivity index (χ0n) is 18.0. The molecule has 3 N–H and O–H groups in total. The summed E-state index contributed by atoms with van der Waals surface area (Å²) in [5.41, 5.74) is 0. The first-order valence-corrected chi connectivity index (χ1v) is 11.5. The van der Waals surface area contributed by atoms with Crippen molar-refractivity contribution in [3.63, 3.8) is 0 Å². The summed E-state index contributed by atoms with van der Waals surface area (Å²) < 4.78 is 5.74. The molecular weight excluding hydrogens is 366 g/mol. The number of likely N-dealkylation sites (tertiary alicyclic amines) is 2. The van der Waals surface area contributed by atoms with Crippen LogP contribution in [0.15, 0.2) is 27.8 Å².